The molecule has 0 radical (unpaired) electrons. The molecule has 4 rings (SSSR count). The number of anilines is 1. The van der Waals surface area contributed by atoms with Crippen LogP contribution in [0.1, 0.15) is 60.7 Å². The number of aromatic nitrogens is 1. The normalized spacial score (nSPS) is 20.4. The van der Waals surface area contributed by atoms with Gasteiger partial charge in [0, 0.05) is 5.69 Å². The van der Waals surface area contributed by atoms with E-state index >= 15 is 0 Å². The third-order valence-corrected chi connectivity index (χ3v) is 9.26. The Balaban J connectivity index is 1.63. The van der Waals surface area contributed by atoms with Crippen molar-refractivity contribution in [3.05, 3.63) is 40.0 Å². The molecule has 1 saturated carbocycles. The Bertz CT molecular complexity index is 1130. The Kier molecular flexibility index (Phi) is 5.95. The Morgan fingerprint density at radius 3 is 2.87 bits per heavy atom. The van der Waals surface area contributed by atoms with Crippen molar-refractivity contribution in [1.29, 1.82) is 0 Å². The number of hydrogen-bond donors (Lipinski definition) is 4. The lowest BCUT2D eigenvalue weighted by molar-refractivity contribution is -0.00244. The molecule has 0 bridgehead atoms. The molecule has 0 saturated heterocycles. The van der Waals surface area contributed by atoms with E-state index in [0.717, 1.165) is 47.4 Å². The topological polar surface area (TPSA) is 138 Å². The van der Waals surface area contributed by atoms with E-state index in [2.05, 4.69) is 33.7 Å². The van der Waals surface area contributed by atoms with Crippen molar-refractivity contribution in [2.45, 2.75) is 61.7 Å². The number of carbonyl (C=O) groups is 1. The molecule has 168 valence electrons. The SMILES string of the molecule is C[C@@H](c1ccc2c(c1NC(=O)N=S(N)(=O)c1cnc([C@@](C)(O)CO)s1)CCC2)C1CC1. The fourth-order valence-electron chi connectivity index (χ4n) is 4.07. The third-order valence-electron chi connectivity index (χ3n) is 6.13. The van der Waals surface area contributed by atoms with Crippen LogP contribution in [0.4, 0.5) is 10.5 Å². The highest BCUT2D eigenvalue weighted by molar-refractivity contribution is 7.93. The Hall–Kier alpha value is -1.85. The van der Waals surface area contributed by atoms with Crippen LogP contribution in [-0.4, -0.2) is 32.0 Å². The number of amides is 2. The number of rotatable bonds is 6. The van der Waals surface area contributed by atoms with Gasteiger partial charge in [-0.15, -0.1) is 15.7 Å². The molecule has 0 aliphatic heterocycles. The highest BCUT2D eigenvalue weighted by Crippen LogP contribution is 2.46. The maximum absolute atomic E-state index is 13.0. The zero-order valence-electron chi connectivity index (χ0n) is 17.6. The van der Waals surface area contributed by atoms with E-state index in [-0.39, 0.29) is 9.22 Å². The number of thiazole rings is 1. The number of fused-ring (bicyclic) bond motifs is 1. The molecular formula is C21H28N4O4S2. The molecular weight excluding hydrogens is 436 g/mol. The van der Waals surface area contributed by atoms with Crippen LogP contribution in [0.3, 0.4) is 0 Å². The highest BCUT2D eigenvalue weighted by atomic mass is 32.2. The number of carbonyl (C=O) groups excluding carboxylic acids is 1. The van der Waals surface area contributed by atoms with Crippen LogP contribution in [0.25, 0.3) is 0 Å². The average molecular weight is 465 g/mol. The van der Waals surface area contributed by atoms with E-state index in [9.17, 15) is 19.2 Å². The minimum atomic E-state index is -3.55. The van der Waals surface area contributed by atoms with Gasteiger partial charge < -0.3 is 15.5 Å². The van der Waals surface area contributed by atoms with E-state index in [1.54, 1.807) is 0 Å². The molecule has 2 aliphatic rings. The van der Waals surface area contributed by atoms with Gasteiger partial charge in [-0.05, 0) is 67.6 Å². The van der Waals surface area contributed by atoms with Crippen LogP contribution in [0.5, 0.6) is 0 Å². The summed E-state index contributed by atoms with van der Waals surface area (Å²) in [5.41, 5.74) is 2.66. The molecule has 1 unspecified atom stereocenters. The first-order valence-corrected chi connectivity index (χ1v) is 12.8. The lowest BCUT2D eigenvalue weighted by Crippen LogP contribution is -2.25. The Morgan fingerprint density at radius 1 is 1.45 bits per heavy atom. The number of urea groups is 1. The highest BCUT2D eigenvalue weighted by Gasteiger charge is 2.32. The van der Waals surface area contributed by atoms with Gasteiger partial charge in [0.1, 0.15) is 14.8 Å². The van der Waals surface area contributed by atoms with E-state index in [1.165, 1.54) is 31.5 Å². The van der Waals surface area contributed by atoms with Crippen molar-refractivity contribution in [3.63, 3.8) is 0 Å². The molecule has 2 amide bonds. The van der Waals surface area contributed by atoms with E-state index in [4.69, 9.17) is 5.14 Å². The third kappa shape index (κ3) is 4.54. The molecule has 2 aliphatic carbocycles. The summed E-state index contributed by atoms with van der Waals surface area (Å²) in [5.74, 6) is 0.953. The van der Waals surface area contributed by atoms with Gasteiger partial charge in [0.15, 0.2) is 9.92 Å². The Morgan fingerprint density at radius 2 is 2.19 bits per heavy atom. The van der Waals surface area contributed by atoms with E-state index < -0.39 is 28.2 Å². The summed E-state index contributed by atoms with van der Waals surface area (Å²) in [5, 5.41) is 28.3. The van der Waals surface area contributed by atoms with Crippen molar-refractivity contribution in [2.75, 3.05) is 11.9 Å². The molecule has 10 heteroatoms. The van der Waals surface area contributed by atoms with Crippen LogP contribution >= 0.6 is 11.3 Å². The van der Waals surface area contributed by atoms with E-state index in [0.29, 0.717) is 11.8 Å². The lowest BCUT2D eigenvalue weighted by atomic mass is 9.91. The average Bonchev–Trinajstić information content (AvgIpc) is 3.23. The second-order valence-electron chi connectivity index (χ2n) is 8.65. The fraction of sp³-hybridized carbons (Fsp3) is 0.524. The number of hydrogen-bond acceptors (Lipinski definition) is 6. The van der Waals surface area contributed by atoms with Crippen molar-refractivity contribution >= 4 is 33.0 Å². The summed E-state index contributed by atoms with van der Waals surface area (Å²) in [6, 6.07) is 3.48. The van der Waals surface area contributed by atoms with Gasteiger partial charge in [-0.2, -0.15) is 0 Å². The van der Waals surface area contributed by atoms with Crippen LogP contribution in [0.2, 0.25) is 0 Å². The van der Waals surface area contributed by atoms with Crippen LogP contribution < -0.4 is 10.5 Å². The van der Waals surface area contributed by atoms with Gasteiger partial charge in [-0.25, -0.2) is 19.1 Å². The molecule has 31 heavy (non-hydrogen) atoms. The van der Waals surface area contributed by atoms with Gasteiger partial charge in [0.05, 0.1) is 12.8 Å². The van der Waals surface area contributed by atoms with Crippen molar-refractivity contribution in [2.24, 2.45) is 15.4 Å². The Labute approximate surface area is 186 Å². The predicted molar refractivity (Wildman–Crippen MR) is 120 cm³/mol. The van der Waals surface area contributed by atoms with Crippen LogP contribution in [0.15, 0.2) is 26.9 Å². The second-order valence-corrected chi connectivity index (χ2v) is 11.7. The first kappa shape index (κ1) is 22.3. The van der Waals surface area contributed by atoms with E-state index in [1.807, 2.05) is 0 Å². The summed E-state index contributed by atoms with van der Waals surface area (Å²) < 4.78 is 16.8. The maximum atomic E-state index is 13.0. The predicted octanol–water partition coefficient (Wildman–Crippen LogP) is 3.28. The monoisotopic (exact) mass is 464 g/mol. The quantitative estimate of drug-likeness (QED) is 0.520. The zero-order chi connectivity index (χ0) is 22.4. The molecule has 8 nitrogen and oxygen atoms in total. The molecule has 1 aromatic carbocycles. The number of nitrogens with one attached hydrogen (secondary N) is 1. The number of aliphatic hydroxyl groups excluding tert-OH is 1. The molecule has 1 aromatic heterocycles. The molecule has 1 heterocycles. The lowest BCUT2D eigenvalue weighted by Gasteiger charge is -2.19. The summed E-state index contributed by atoms with van der Waals surface area (Å²) in [4.78, 5) is 16.8. The number of benzene rings is 1. The largest absolute Gasteiger partial charge is 0.393 e. The minimum Gasteiger partial charge on any atom is -0.393 e. The summed E-state index contributed by atoms with van der Waals surface area (Å²) in [6.45, 7) is 3.01. The standard InChI is InChI=1S/C21H28N4O4S2/c1-12(13-6-7-13)15-9-8-14-4-3-5-16(14)18(15)24-20(27)25-31(22,29)17-10-23-19(30-17)21(2,28)11-26/h8-10,12-13,26,28H,3-7,11H2,1-2H3,(H3,22,24,25,27,29)/t12-,21+,31?/m1/s1. The fourth-order valence-corrected chi connectivity index (χ4v) is 6.17. The van der Waals surface area contributed by atoms with Gasteiger partial charge in [-0.1, -0.05) is 19.1 Å². The van der Waals surface area contributed by atoms with Crippen LogP contribution in [0, 0.1) is 5.92 Å². The minimum absolute atomic E-state index is 0.0660. The summed E-state index contributed by atoms with van der Waals surface area (Å²) >= 11 is 0.865. The summed E-state index contributed by atoms with van der Waals surface area (Å²) in [7, 11) is -3.55. The van der Waals surface area contributed by atoms with Crippen LogP contribution in [-0.2, 0) is 28.4 Å². The number of aryl methyl sites for hydroxylation is 1. The molecule has 1 fully saturated rings. The molecule has 5 N–H and O–H groups in total. The van der Waals surface area contributed by atoms with Gasteiger partial charge in [0.25, 0.3) is 0 Å². The smallest absolute Gasteiger partial charge is 0.354 e. The number of aliphatic hydroxyl groups is 2. The maximum Gasteiger partial charge on any atom is 0.354 e. The first-order valence-electron chi connectivity index (χ1n) is 10.4. The van der Waals surface area contributed by atoms with Crippen molar-refractivity contribution in [3.8, 4) is 0 Å². The van der Waals surface area contributed by atoms with Gasteiger partial charge in [0.2, 0.25) is 0 Å². The first-order chi connectivity index (χ1) is 14.6. The molecule has 0 spiro atoms. The molecule has 3 atom stereocenters. The molecule has 2 aromatic rings. The number of nitrogens with two attached hydrogens (primary N) is 1. The summed E-state index contributed by atoms with van der Waals surface area (Å²) in [6.07, 6.45) is 6.52. The van der Waals surface area contributed by atoms with Crippen molar-refractivity contribution < 1.29 is 19.2 Å². The second kappa shape index (κ2) is 8.25. The van der Waals surface area contributed by atoms with Crippen molar-refractivity contribution in [1.82, 2.24) is 4.98 Å². The van der Waals surface area contributed by atoms with Gasteiger partial charge in [-0.3, -0.25) is 0 Å². The van der Waals surface area contributed by atoms with Gasteiger partial charge >= 0.3 is 6.03 Å². The number of nitrogens with zero attached hydrogens (tertiary/aromatic N) is 2. The zero-order valence-corrected chi connectivity index (χ0v) is 19.3.